The third-order valence-corrected chi connectivity index (χ3v) is 4.18. The van der Waals surface area contributed by atoms with E-state index in [9.17, 15) is 10.1 Å². The standard InChI is InChI=1S/C10H9N5O3S2/c1-5-12-10(20-14-5)19-8-3-2-6(15(17)18)4-7(8)9(11)13-16/h2-4,16H,1H3,(H2,11,13). The summed E-state index contributed by atoms with van der Waals surface area (Å²) < 4.78 is 4.71. The van der Waals surface area contributed by atoms with Crippen LogP contribution in [0.1, 0.15) is 11.4 Å². The Bertz CT molecular complexity index is 685. The topological polar surface area (TPSA) is 128 Å². The zero-order valence-electron chi connectivity index (χ0n) is 10.2. The highest BCUT2D eigenvalue weighted by Crippen LogP contribution is 2.33. The number of non-ortho nitro benzene ring substituents is 1. The quantitative estimate of drug-likeness (QED) is 0.290. The first-order valence-corrected chi connectivity index (χ1v) is 6.84. The lowest BCUT2D eigenvalue weighted by Crippen LogP contribution is -2.14. The Morgan fingerprint density at radius 1 is 1.60 bits per heavy atom. The summed E-state index contributed by atoms with van der Waals surface area (Å²) >= 11 is 2.46. The molecule has 1 aromatic heterocycles. The molecule has 0 radical (unpaired) electrons. The number of nitro benzene ring substituents is 1. The number of rotatable bonds is 4. The van der Waals surface area contributed by atoms with Gasteiger partial charge in [0.1, 0.15) is 5.82 Å². The van der Waals surface area contributed by atoms with E-state index in [1.54, 1.807) is 6.92 Å². The van der Waals surface area contributed by atoms with Gasteiger partial charge in [-0.15, -0.1) is 0 Å². The van der Waals surface area contributed by atoms with Gasteiger partial charge in [0.05, 0.1) is 4.92 Å². The molecule has 2 aromatic rings. The second-order valence-corrected chi connectivity index (χ2v) is 5.67. The lowest BCUT2D eigenvalue weighted by atomic mass is 10.2. The summed E-state index contributed by atoms with van der Waals surface area (Å²) in [5, 5.41) is 22.4. The molecule has 1 aromatic carbocycles. The van der Waals surface area contributed by atoms with Gasteiger partial charge in [0.25, 0.3) is 5.69 Å². The van der Waals surface area contributed by atoms with Gasteiger partial charge in [-0.1, -0.05) is 16.9 Å². The Morgan fingerprint density at radius 2 is 2.35 bits per heavy atom. The molecule has 1 heterocycles. The van der Waals surface area contributed by atoms with E-state index in [1.165, 1.54) is 41.5 Å². The third-order valence-electron chi connectivity index (χ3n) is 2.26. The first-order valence-electron chi connectivity index (χ1n) is 5.25. The minimum atomic E-state index is -0.544. The molecule has 0 atom stereocenters. The molecule has 0 aliphatic rings. The summed E-state index contributed by atoms with van der Waals surface area (Å²) in [6, 6.07) is 4.14. The van der Waals surface area contributed by atoms with E-state index >= 15 is 0 Å². The van der Waals surface area contributed by atoms with E-state index in [0.717, 1.165) is 0 Å². The summed E-state index contributed by atoms with van der Waals surface area (Å²) in [4.78, 5) is 15.0. The summed E-state index contributed by atoms with van der Waals surface area (Å²) in [5.41, 5.74) is 5.70. The summed E-state index contributed by atoms with van der Waals surface area (Å²) in [7, 11) is 0. The number of nitrogens with zero attached hydrogens (tertiary/aromatic N) is 4. The number of hydrogen-bond acceptors (Lipinski definition) is 8. The van der Waals surface area contributed by atoms with Crippen molar-refractivity contribution < 1.29 is 10.1 Å². The maximum atomic E-state index is 10.8. The van der Waals surface area contributed by atoms with Crippen molar-refractivity contribution in [2.24, 2.45) is 10.9 Å². The molecule has 0 bridgehead atoms. The highest BCUT2D eigenvalue weighted by atomic mass is 32.2. The number of aryl methyl sites for hydroxylation is 1. The summed E-state index contributed by atoms with van der Waals surface area (Å²) in [6.07, 6.45) is 0. The van der Waals surface area contributed by atoms with Crippen LogP contribution in [-0.2, 0) is 0 Å². The molecule has 0 spiro atoms. The van der Waals surface area contributed by atoms with Crippen LogP contribution in [0.5, 0.6) is 0 Å². The van der Waals surface area contributed by atoms with Gasteiger partial charge >= 0.3 is 0 Å². The minimum absolute atomic E-state index is 0.135. The molecule has 0 fully saturated rings. The molecule has 0 saturated heterocycles. The summed E-state index contributed by atoms with van der Waals surface area (Å²) in [6.45, 7) is 1.76. The zero-order valence-corrected chi connectivity index (χ0v) is 11.8. The van der Waals surface area contributed by atoms with Crippen molar-refractivity contribution in [3.63, 3.8) is 0 Å². The van der Waals surface area contributed by atoms with Crippen LogP contribution in [0.25, 0.3) is 0 Å². The Labute approximate surface area is 121 Å². The maximum absolute atomic E-state index is 10.8. The average Bonchev–Trinajstić information content (AvgIpc) is 2.83. The molecular formula is C10H9N5O3S2. The molecule has 3 N–H and O–H groups in total. The smallest absolute Gasteiger partial charge is 0.270 e. The minimum Gasteiger partial charge on any atom is -0.409 e. The van der Waals surface area contributed by atoms with E-state index < -0.39 is 4.92 Å². The van der Waals surface area contributed by atoms with Crippen LogP contribution in [-0.4, -0.2) is 25.3 Å². The van der Waals surface area contributed by atoms with Gasteiger partial charge in [0.15, 0.2) is 10.2 Å². The average molecular weight is 311 g/mol. The van der Waals surface area contributed by atoms with E-state index in [4.69, 9.17) is 10.9 Å². The van der Waals surface area contributed by atoms with Gasteiger partial charge in [-0.25, -0.2) is 4.98 Å². The highest BCUT2D eigenvalue weighted by Gasteiger charge is 2.16. The van der Waals surface area contributed by atoms with Crippen molar-refractivity contribution in [1.29, 1.82) is 0 Å². The van der Waals surface area contributed by atoms with Crippen molar-refractivity contribution in [3.05, 3.63) is 39.7 Å². The van der Waals surface area contributed by atoms with Gasteiger partial charge in [0.2, 0.25) is 0 Å². The fraction of sp³-hybridized carbons (Fsp3) is 0.100. The van der Waals surface area contributed by atoms with Crippen LogP contribution in [0.3, 0.4) is 0 Å². The van der Waals surface area contributed by atoms with E-state index in [0.29, 0.717) is 15.1 Å². The van der Waals surface area contributed by atoms with Crippen molar-refractivity contribution in [2.75, 3.05) is 0 Å². The van der Waals surface area contributed by atoms with Crippen molar-refractivity contribution in [2.45, 2.75) is 16.2 Å². The van der Waals surface area contributed by atoms with Crippen LogP contribution < -0.4 is 5.73 Å². The normalized spacial score (nSPS) is 11.6. The Balaban J connectivity index is 2.43. The van der Waals surface area contributed by atoms with Gasteiger partial charge in [-0.05, 0) is 24.5 Å². The third kappa shape index (κ3) is 3.03. The molecule has 10 heteroatoms. The number of aromatic nitrogens is 2. The van der Waals surface area contributed by atoms with Crippen LogP contribution in [0.4, 0.5) is 5.69 Å². The number of amidine groups is 1. The number of benzene rings is 1. The lowest BCUT2D eigenvalue weighted by Gasteiger charge is -2.05. The van der Waals surface area contributed by atoms with Gasteiger partial charge in [-0.2, -0.15) is 4.37 Å². The SMILES string of the molecule is Cc1nsc(Sc2ccc([N+](=O)[O-])cc2/C(N)=N/O)n1. The number of hydrogen-bond donors (Lipinski definition) is 2. The number of nitro groups is 1. The maximum Gasteiger partial charge on any atom is 0.270 e. The number of oxime groups is 1. The number of nitrogens with two attached hydrogens (primary N) is 1. The fourth-order valence-electron chi connectivity index (χ4n) is 1.39. The lowest BCUT2D eigenvalue weighted by molar-refractivity contribution is -0.384. The van der Waals surface area contributed by atoms with Gasteiger partial charge < -0.3 is 10.9 Å². The highest BCUT2D eigenvalue weighted by molar-refractivity contribution is 8.01. The van der Waals surface area contributed by atoms with Gasteiger partial charge in [-0.3, -0.25) is 10.1 Å². The van der Waals surface area contributed by atoms with Crippen molar-refractivity contribution in [3.8, 4) is 0 Å². The molecule has 20 heavy (non-hydrogen) atoms. The van der Waals surface area contributed by atoms with Crippen LogP contribution in [0, 0.1) is 17.0 Å². The second kappa shape index (κ2) is 5.84. The van der Waals surface area contributed by atoms with E-state index in [-0.39, 0.29) is 17.1 Å². The Hall–Kier alpha value is -2.20. The van der Waals surface area contributed by atoms with Gasteiger partial charge in [0, 0.05) is 22.6 Å². The molecule has 104 valence electrons. The molecule has 0 amide bonds. The van der Waals surface area contributed by atoms with E-state index in [1.807, 2.05) is 0 Å². The molecular weight excluding hydrogens is 302 g/mol. The van der Waals surface area contributed by atoms with Crippen LogP contribution in [0.15, 0.2) is 32.6 Å². The van der Waals surface area contributed by atoms with Crippen LogP contribution in [0.2, 0.25) is 0 Å². The second-order valence-electron chi connectivity index (χ2n) is 3.63. The first-order chi connectivity index (χ1) is 9.51. The molecule has 2 rings (SSSR count). The largest absolute Gasteiger partial charge is 0.409 e. The predicted molar refractivity (Wildman–Crippen MR) is 74.4 cm³/mol. The monoisotopic (exact) mass is 311 g/mol. The molecule has 8 nitrogen and oxygen atoms in total. The molecule has 0 saturated carbocycles. The first kappa shape index (κ1) is 14.2. The Morgan fingerprint density at radius 3 is 2.90 bits per heavy atom. The summed E-state index contributed by atoms with van der Waals surface area (Å²) in [5.74, 6) is 0.446. The fourth-order valence-corrected chi connectivity index (χ4v) is 3.12. The molecule has 0 aliphatic heterocycles. The van der Waals surface area contributed by atoms with Crippen molar-refractivity contribution in [1.82, 2.24) is 9.36 Å². The zero-order chi connectivity index (χ0) is 14.7. The van der Waals surface area contributed by atoms with E-state index in [2.05, 4.69) is 14.5 Å². The predicted octanol–water partition coefficient (Wildman–Crippen LogP) is 2.00. The Kier molecular flexibility index (Phi) is 4.15. The molecule has 0 unspecified atom stereocenters. The molecule has 0 aliphatic carbocycles. The van der Waals surface area contributed by atoms with Crippen molar-refractivity contribution >= 4 is 34.8 Å². The van der Waals surface area contributed by atoms with Crippen LogP contribution >= 0.6 is 23.3 Å².